The van der Waals surface area contributed by atoms with Crippen LogP contribution in [0.5, 0.6) is 0 Å². The van der Waals surface area contributed by atoms with Gasteiger partial charge in [0.05, 0.1) is 5.54 Å². The first-order valence-electron chi connectivity index (χ1n) is 13.5. The maximum Gasteiger partial charge on any atom is 0.240 e. The number of rotatable bonds is 10. The van der Waals surface area contributed by atoms with Gasteiger partial charge in [-0.1, -0.05) is 56.0 Å². The zero-order valence-electron chi connectivity index (χ0n) is 20.5. The minimum absolute atomic E-state index is 0.0716. The number of likely N-dealkylation sites (tertiary alicyclic amines) is 1. The summed E-state index contributed by atoms with van der Waals surface area (Å²) in [6.07, 6.45) is 13.3. The van der Waals surface area contributed by atoms with E-state index in [1.165, 1.54) is 63.7 Å². The lowest BCUT2D eigenvalue weighted by Gasteiger charge is -2.35. The Hall–Kier alpha value is -1.43. The Morgan fingerprint density at radius 3 is 2.45 bits per heavy atom. The lowest BCUT2D eigenvalue weighted by molar-refractivity contribution is -0.127. The molecule has 0 radical (unpaired) electrons. The Labute approximate surface area is 200 Å². The Balaban J connectivity index is 1.21. The van der Waals surface area contributed by atoms with Gasteiger partial charge < -0.3 is 20.7 Å². The predicted molar refractivity (Wildman–Crippen MR) is 134 cm³/mol. The molecular weight excluding hydrogens is 410 g/mol. The van der Waals surface area contributed by atoms with Gasteiger partial charge in [-0.25, -0.2) is 0 Å². The van der Waals surface area contributed by atoms with Gasteiger partial charge in [-0.15, -0.1) is 0 Å². The van der Waals surface area contributed by atoms with Crippen molar-refractivity contribution < 1.29 is 9.53 Å². The number of carbonyl (C=O) groups excluding carboxylic acids is 1. The van der Waals surface area contributed by atoms with Gasteiger partial charge >= 0.3 is 0 Å². The van der Waals surface area contributed by atoms with Crippen LogP contribution in [-0.4, -0.2) is 55.2 Å². The monoisotopic (exact) mass is 455 g/mol. The number of hydrogen-bond acceptors (Lipinski definition) is 4. The standard InChI is InChI=1S/C28H45N3O2/c29-28(15-4-5-16-28)27(32)30-26(21-24-7-2-1-3-8-24)10-6-9-23-11-17-31(18-12-23)22-25-13-19-33-20-14-25/h1-3,7-8,23,25-26H,4-6,9-22,29H2,(H,30,32). The first kappa shape index (κ1) is 24.7. The lowest BCUT2D eigenvalue weighted by atomic mass is 9.89. The summed E-state index contributed by atoms with van der Waals surface area (Å²) in [5.41, 5.74) is 7.09. The molecule has 184 valence electrons. The van der Waals surface area contributed by atoms with Gasteiger partial charge in [0.1, 0.15) is 0 Å². The van der Waals surface area contributed by atoms with E-state index in [1.54, 1.807) is 0 Å². The van der Waals surface area contributed by atoms with Crippen molar-refractivity contribution in [2.75, 3.05) is 32.8 Å². The minimum atomic E-state index is -0.647. The molecule has 2 aliphatic heterocycles. The van der Waals surface area contributed by atoms with E-state index in [0.29, 0.717) is 0 Å². The summed E-state index contributed by atoms with van der Waals surface area (Å²) in [5.74, 6) is 1.74. The lowest BCUT2D eigenvalue weighted by Crippen LogP contribution is -2.54. The van der Waals surface area contributed by atoms with Crippen molar-refractivity contribution in [2.24, 2.45) is 17.6 Å². The summed E-state index contributed by atoms with van der Waals surface area (Å²) in [6.45, 7) is 5.67. The highest BCUT2D eigenvalue weighted by Crippen LogP contribution is 2.28. The van der Waals surface area contributed by atoms with E-state index in [1.807, 2.05) is 0 Å². The highest BCUT2D eigenvalue weighted by atomic mass is 16.5. The van der Waals surface area contributed by atoms with Gasteiger partial charge in [0.15, 0.2) is 0 Å². The Kier molecular flexibility index (Phi) is 9.22. The maximum atomic E-state index is 13.0. The van der Waals surface area contributed by atoms with E-state index in [4.69, 9.17) is 10.5 Å². The Morgan fingerprint density at radius 1 is 1.06 bits per heavy atom. The van der Waals surface area contributed by atoms with Crippen LogP contribution in [0.3, 0.4) is 0 Å². The average Bonchev–Trinajstić information content (AvgIpc) is 3.29. The Morgan fingerprint density at radius 2 is 1.76 bits per heavy atom. The molecule has 0 spiro atoms. The fraction of sp³-hybridized carbons (Fsp3) is 0.750. The van der Waals surface area contributed by atoms with E-state index in [9.17, 15) is 4.79 Å². The van der Waals surface area contributed by atoms with E-state index < -0.39 is 5.54 Å². The van der Waals surface area contributed by atoms with Gasteiger partial charge in [-0.3, -0.25) is 4.79 Å². The van der Waals surface area contributed by atoms with Crippen molar-refractivity contribution in [3.05, 3.63) is 35.9 Å². The summed E-state index contributed by atoms with van der Waals surface area (Å²) in [5, 5.41) is 3.36. The molecule has 5 nitrogen and oxygen atoms in total. The van der Waals surface area contributed by atoms with Crippen LogP contribution in [0.25, 0.3) is 0 Å². The largest absolute Gasteiger partial charge is 0.381 e. The van der Waals surface area contributed by atoms with Crippen molar-refractivity contribution in [1.29, 1.82) is 0 Å². The van der Waals surface area contributed by atoms with Crippen LogP contribution in [0, 0.1) is 11.8 Å². The smallest absolute Gasteiger partial charge is 0.240 e. The third kappa shape index (κ3) is 7.53. The molecule has 2 heterocycles. The summed E-state index contributed by atoms with van der Waals surface area (Å²) in [4.78, 5) is 15.7. The van der Waals surface area contributed by atoms with Crippen LogP contribution in [0.2, 0.25) is 0 Å². The highest BCUT2D eigenvalue weighted by Gasteiger charge is 2.37. The van der Waals surface area contributed by atoms with Crippen LogP contribution in [0.1, 0.15) is 76.2 Å². The molecule has 2 saturated heterocycles. The van der Waals surface area contributed by atoms with Crippen molar-refractivity contribution in [1.82, 2.24) is 10.2 Å². The normalized spacial score (nSPS) is 23.4. The molecule has 1 amide bonds. The molecule has 1 aromatic carbocycles. The van der Waals surface area contributed by atoms with Gasteiger partial charge in [-0.2, -0.15) is 0 Å². The van der Waals surface area contributed by atoms with Crippen molar-refractivity contribution in [2.45, 2.75) is 88.6 Å². The van der Waals surface area contributed by atoms with Gasteiger partial charge in [0, 0.05) is 25.8 Å². The van der Waals surface area contributed by atoms with Crippen molar-refractivity contribution in [3.63, 3.8) is 0 Å². The van der Waals surface area contributed by atoms with Crippen LogP contribution >= 0.6 is 0 Å². The summed E-state index contributed by atoms with van der Waals surface area (Å²) < 4.78 is 5.51. The van der Waals surface area contributed by atoms with E-state index in [2.05, 4.69) is 40.5 Å². The van der Waals surface area contributed by atoms with Gasteiger partial charge in [-0.05, 0) is 81.9 Å². The first-order chi connectivity index (χ1) is 16.1. The second-order valence-corrected chi connectivity index (χ2v) is 11.0. The zero-order valence-corrected chi connectivity index (χ0v) is 20.5. The minimum Gasteiger partial charge on any atom is -0.381 e. The van der Waals surface area contributed by atoms with Crippen LogP contribution < -0.4 is 11.1 Å². The molecule has 5 heteroatoms. The van der Waals surface area contributed by atoms with E-state index >= 15 is 0 Å². The number of amides is 1. The molecule has 1 aliphatic carbocycles. The molecule has 4 rings (SSSR count). The van der Waals surface area contributed by atoms with Gasteiger partial charge in [0.25, 0.3) is 0 Å². The number of nitrogens with two attached hydrogens (primary N) is 1. The molecule has 1 saturated carbocycles. The number of piperidine rings is 1. The molecule has 1 aromatic rings. The SMILES string of the molecule is NC1(C(=O)NC(CCCC2CCN(CC3CCOCC3)CC2)Cc2ccccc2)CCCC1. The van der Waals surface area contributed by atoms with Crippen LogP contribution in [-0.2, 0) is 16.0 Å². The Bertz CT molecular complexity index is 705. The summed E-state index contributed by atoms with van der Waals surface area (Å²) in [7, 11) is 0. The third-order valence-corrected chi connectivity index (χ3v) is 8.34. The molecule has 3 N–H and O–H groups in total. The molecular formula is C28H45N3O2. The number of benzene rings is 1. The van der Waals surface area contributed by atoms with Crippen molar-refractivity contribution in [3.8, 4) is 0 Å². The summed E-state index contributed by atoms with van der Waals surface area (Å²) in [6, 6.07) is 10.7. The molecule has 1 atom stereocenters. The number of hydrogen-bond donors (Lipinski definition) is 2. The maximum absolute atomic E-state index is 13.0. The predicted octanol–water partition coefficient (Wildman–Crippen LogP) is 4.29. The van der Waals surface area contributed by atoms with Crippen LogP contribution in [0.4, 0.5) is 0 Å². The second-order valence-electron chi connectivity index (χ2n) is 11.0. The third-order valence-electron chi connectivity index (χ3n) is 8.34. The van der Waals surface area contributed by atoms with Gasteiger partial charge in [0.2, 0.25) is 5.91 Å². The quantitative estimate of drug-likeness (QED) is 0.552. The molecule has 3 aliphatic rings. The average molecular weight is 456 g/mol. The summed E-state index contributed by atoms with van der Waals surface area (Å²) >= 11 is 0. The van der Waals surface area contributed by atoms with E-state index in [0.717, 1.165) is 63.6 Å². The van der Waals surface area contributed by atoms with E-state index in [-0.39, 0.29) is 11.9 Å². The number of carbonyl (C=O) groups is 1. The van der Waals surface area contributed by atoms with Crippen molar-refractivity contribution >= 4 is 5.91 Å². The number of ether oxygens (including phenoxy) is 1. The molecule has 3 fully saturated rings. The molecule has 0 bridgehead atoms. The topological polar surface area (TPSA) is 67.6 Å². The number of nitrogens with one attached hydrogen (secondary N) is 1. The molecule has 1 unspecified atom stereocenters. The zero-order chi connectivity index (χ0) is 22.9. The fourth-order valence-electron chi connectivity index (χ4n) is 6.09. The molecule has 33 heavy (non-hydrogen) atoms. The fourth-order valence-corrected chi connectivity index (χ4v) is 6.09. The highest BCUT2D eigenvalue weighted by molar-refractivity contribution is 5.86. The number of nitrogens with zero attached hydrogens (tertiary/aromatic N) is 1. The first-order valence-corrected chi connectivity index (χ1v) is 13.5. The van der Waals surface area contributed by atoms with Crippen LogP contribution in [0.15, 0.2) is 30.3 Å². The molecule has 0 aromatic heterocycles. The second kappa shape index (κ2) is 12.3.